The number of anilines is 1. The van der Waals surface area contributed by atoms with Gasteiger partial charge in [0.05, 0.1) is 15.2 Å². The van der Waals surface area contributed by atoms with Gasteiger partial charge in [-0.1, -0.05) is 11.3 Å². The zero-order valence-corrected chi connectivity index (χ0v) is 9.04. The van der Waals surface area contributed by atoms with E-state index < -0.39 is 0 Å². The highest BCUT2D eigenvalue weighted by Gasteiger charge is 2.14. The first kappa shape index (κ1) is 10.3. The summed E-state index contributed by atoms with van der Waals surface area (Å²) < 4.78 is 0.962. The lowest BCUT2D eigenvalue weighted by Crippen LogP contribution is -2.22. The third-order valence-corrected chi connectivity index (χ3v) is 3.87. The predicted molar refractivity (Wildman–Crippen MR) is 55.8 cm³/mol. The van der Waals surface area contributed by atoms with Crippen LogP contribution in [0.25, 0.3) is 0 Å². The van der Waals surface area contributed by atoms with E-state index in [0.717, 1.165) is 9.90 Å². The van der Waals surface area contributed by atoms with E-state index in [0.29, 0.717) is 5.13 Å². The number of rotatable bonds is 3. The molecule has 0 aliphatic carbocycles. The number of primary amides is 1. The summed E-state index contributed by atoms with van der Waals surface area (Å²) in [7, 11) is 0. The lowest BCUT2D eigenvalue weighted by Gasteiger charge is -2.03. The largest absolute Gasteiger partial charge is 0.375 e. The molecule has 1 aromatic heterocycles. The van der Waals surface area contributed by atoms with E-state index in [1.54, 1.807) is 6.92 Å². The molecule has 72 valence electrons. The van der Waals surface area contributed by atoms with Gasteiger partial charge in [-0.25, -0.2) is 4.98 Å². The number of nitrogens with two attached hydrogens (primary N) is 2. The molecule has 0 saturated heterocycles. The molecule has 1 aromatic rings. The number of aryl methyl sites for hydroxylation is 1. The Hall–Kier alpha value is -0.750. The van der Waals surface area contributed by atoms with Crippen molar-refractivity contribution in [3.05, 3.63) is 5.69 Å². The molecule has 1 heterocycles. The molecule has 13 heavy (non-hydrogen) atoms. The minimum atomic E-state index is -0.323. The topological polar surface area (TPSA) is 82.0 Å². The highest BCUT2D eigenvalue weighted by molar-refractivity contribution is 8.02. The number of carbonyl (C=O) groups is 1. The first-order valence-electron chi connectivity index (χ1n) is 3.69. The van der Waals surface area contributed by atoms with Crippen LogP contribution in [0.2, 0.25) is 0 Å². The van der Waals surface area contributed by atoms with E-state index in [4.69, 9.17) is 11.5 Å². The second-order valence-electron chi connectivity index (χ2n) is 2.59. The summed E-state index contributed by atoms with van der Waals surface area (Å²) in [6, 6.07) is 0. The molecule has 1 atom stereocenters. The van der Waals surface area contributed by atoms with Gasteiger partial charge in [0.2, 0.25) is 5.91 Å². The standard InChI is InChI=1S/C7H11N3OS2/c1-3-6(13-7(9)10-3)12-4(2)5(8)11/h4H,1-2H3,(H2,8,11)(H2,9,10). The average Bonchev–Trinajstić information content (AvgIpc) is 2.30. The van der Waals surface area contributed by atoms with Crippen LogP contribution in [0.5, 0.6) is 0 Å². The number of thiazole rings is 1. The number of thioether (sulfide) groups is 1. The molecule has 0 aromatic carbocycles. The molecule has 4 nitrogen and oxygen atoms in total. The number of hydrogen-bond donors (Lipinski definition) is 2. The highest BCUT2D eigenvalue weighted by Crippen LogP contribution is 2.32. The Morgan fingerprint density at radius 1 is 1.69 bits per heavy atom. The van der Waals surface area contributed by atoms with Crippen LogP contribution in [0, 0.1) is 6.92 Å². The molecule has 0 saturated carbocycles. The number of amides is 1. The minimum Gasteiger partial charge on any atom is -0.375 e. The van der Waals surface area contributed by atoms with Gasteiger partial charge in [-0.3, -0.25) is 4.79 Å². The van der Waals surface area contributed by atoms with Crippen LogP contribution in [0.15, 0.2) is 4.21 Å². The maximum absolute atomic E-state index is 10.8. The van der Waals surface area contributed by atoms with Crippen molar-refractivity contribution >= 4 is 34.1 Å². The molecule has 0 bridgehead atoms. The Bertz CT molecular complexity index is 324. The van der Waals surface area contributed by atoms with E-state index >= 15 is 0 Å². The van der Waals surface area contributed by atoms with Crippen molar-refractivity contribution in [2.24, 2.45) is 5.73 Å². The van der Waals surface area contributed by atoms with E-state index in [1.807, 2.05) is 6.92 Å². The molecule has 4 N–H and O–H groups in total. The van der Waals surface area contributed by atoms with Crippen molar-refractivity contribution in [2.75, 3.05) is 5.73 Å². The van der Waals surface area contributed by atoms with Crippen LogP contribution >= 0.6 is 23.1 Å². The fourth-order valence-electron chi connectivity index (χ4n) is 0.731. The molecular weight excluding hydrogens is 206 g/mol. The maximum atomic E-state index is 10.8. The lowest BCUT2D eigenvalue weighted by molar-refractivity contribution is -0.117. The van der Waals surface area contributed by atoms with Crippen LogP contribution in [0.3, 0.4) is 0 Å². The van der Waals surface area contributed by atoms with Crippen molar-refractivity contribution in [1.82, 2.24) is 4.98 Å². The summed E-state index contributed by atoms with van der Waals surface area (Å²) in [6.07, 6.45) is 0. The third kappa shape index (κ3) is 2.60. The van der Waals surface area contributed by atoms with Crippen LogP contribution in [-0.2, 0) is 4.79 Å². The molecule has 0 aliphatic heterocycles. The number of hydrogen-bond acceptors (Lipinski definition) is 5. The van der Waals surface area contributed by atoms with Gasteiger partial charge in [0.15, 0.2) is 5.13 Å². The number of aromatic nitrogens is 1. The van der Waals surface area contributed by atoms with Crippen LogP contribution in [0.4, 0.5) is 5.13 Å². The van der Waals surface area contributed by atoms with Gasteiger partial charge in [0.25, 0.3) is 0 Å². The van der Waals surface area contributed by atoms with E-state index in [2.05, 4.69) is 4.98 Å². The molecule has 1 amide bonds. The SMILES string of the molecule is Cc1nc(N)sc1SC(C)C(N)=O. The monoisotopic (exact) mass is 217 g/mol. The first-order valence-corrected chi connectivity index (χ1v) is 5.39. The number of nitrogen functional groups attached to an aromatic ring is 1. The Morgan fingerprint density at radius 2 is 2.31 bits per heavy atom. The summed E-state index contributed by atoms with van der Waals surface area (Å²) >= 11 is 2.78. The molecule has 0 radical (unpaired) electrons. The van der Waals surface area contributed by atoms with Crippen molar-refractivity contribution < 1.29 is 4.79 Å². The number of carbonyl (C=O) groups excluding carboxylic acids is 1. The Labute approximate surface area is 84.7 Å². The lowest BCUT2D eigenvalue weighted by atomic mass is 10.5. The molecule has 0 spiro atoms. The third-order valence-electron chi connectivity index (χ3n) is 1.46. The fourth-order valence-corrected chi connectivity index (χ4v) is 2.83. The minimum absolute atomic E-state index is 0.237. The Kier molecular flexibility index (Phi) is 3.16. The molecule has 0 aliphatic rings. The van der Waals surface area contributed by atoms with Crippen molar-refractivity contribution in [3.63, 3.8) is 0 Å². The van der Waals surface area contributed by atoms with Crippen LogP contribution in [-0.4, -0.2) is 16.1 Å². The van der Waals surface area contributed by atoms with Crippen LogP contribution in [0.1, 0.15) is 12.6 Å². The van der Waals surface area contributed by atoms with Crippen molar-refractivity contribution in [2.45, 2.75) is 23.3 Å². The molecule has 1 unspecified atom stereocenters. The molecule has 0 fully saturated rings. The predicted octanol–water partition coefficient (Wildman–Crippen LogP) is 1.000. The zero-order chi connectivity index (χ0) is 10.0. The highest BCUT2D eigenvalue weighted by atomic mass is 32.2. The zero-order valence-electron chi connectivity index (χ0n) is 7.40. The van der Waals surface area contributed by atoms with Gasteiger partial charge >= 0.3 is 0 Å². The molecule has 6 heteroatoms. The fraction of sp³-hybridized carbons (Fsp3) is 0.429. The van der Waals surface area contributed by atoms with E-state index in [9.17, 15) is 4.79 Å². The van der Waals surface area contributed by atoms with Gasteiger partial charge in [-0.05, 0) is 13.8 Å². The average molecular weight is 217 g/mol. The van der Waals surface area contributed by atoms with Gasteiger partial charge < -0.3 is 11.5 Å². The molecular formula is C7H11N3OS2. The smallest absolute Gasteiger partial charge is 0.230 e. The Morgan fingerprint density at radius 3 is 2.69 bits per heavy atom. The van der Waals surface area contributed by atoms with Crippen molar-refractivity contribution in [1.29, 1.82) is 0 Å². The number of nitrogens with zero attached hydrogens (tertiary/aromatic N) is 1. The van der Waals surface area contributed by atoms with Gasteiger partial charge in [-0.15, -0.1) is 11.8 Å². The first-order chi connectivity index (χ1) is 6.00. The second-order valence-corrected chi connectivity index (χ2v) is 5.23. The van der Waals surface area contributed by atoms with E-state index in [1.165, 1.54) is 23.1 Å². The summed E-state index contributed by atoms with van der Waals surface area (Å²) in [4.78, 5) is 14.8. The Balaban J connectivity index is 2.74. The normalized spacial score (nSPS) is 12.8. The van der Waals surface area contributed by atoms with Crippen LogP contribution < -0.4 is 11.5 Å². The van der Waals surface area contributed by atoms with Gasteiger partial charge in [0, 0.05) is 0 Å². The second kappa shape index (κ2) is 3.97. The maximum Gasteiger partial charge on any atom is 0.230 e. The summed E-state index contributed by atoms with van der Waals surface area (Å²) in [5.74, 6) is -0.323. The summed E-state index contributed by atoms with van der Waals surface area (Å²) in [5.41, 5.74) is 11.5. The molecule has 1 rings (SSSR count). The van der Waals surface area contributed by atoms with Crippen molar-refractivity contribution in [3.8, 4) is 0 Å². The van der Waals surface area contributed by atoms with Gasteiger partial charge in [-0.2, -0.15) is 0 Å². The van der Waals surface area contributed by atoms with Gasteiger partial charge in [0.1, 0.15) is 0 Å². The summed E-state index contributed by atoms with van der Waals surface area (Å²) in [6.45, 7) is 3.63. The quantitative estimate of drug-likeness (QED) is 0.740. The summed E-state index contributed by atoms with van der Waals surface area (Å²) in [5, 5.41) is 0.287. The van der Waals surface area contributed by atoms with E-state index in [-0.39, 0.29) is 11.2 Å².